The van der Waals surface area contributed by atoms with Crippen LogP contribution in [0.3, 0.4) is 0 Å². The zero-order valence-corrected chi connectivity index (χ0v) is 8.03. The normalized spacial score (nSPS) is 20.4. The number of carbonyl (C=O) groups is 1. The smallest absolute Gasteiger partial charge is 0.340 e. The number of hydrogen-bond donors (Lipinski definition) is 2. The Morgan fingerprint density at radius 1 is 1.36 bits per heavy atom. The van der Waals surface area contributed by atoms with Gasteiger partial charge in [-0.2, -0.15) is 13.2 Å². The van der Waals surface area contributed by atoms with Gasteiger partial charge in [0.15, 0.2) is 0 Å². The van der Waals surface area contributed by atoms with E-state index in [-0.39, 0.29) is 12.8 Å². The summed E-state index contributed by atoms with van der Waals surface area (Å²) in [5, 5.41) is 1.96. The SMILES string of the molecule is CC(C)(N)C(=O)NC1(C(F)(F)F)CC1. The first-order valence-electron chi connectivity index (χ1n) is 4.27. The summed E-state index contributed by atoms with van der Waals surface area (Å²) >= 11 is 0. The molecule has 0 aliphatic heterocycles. The van der Waals surface area contributed by atoms with E-state index in [0.29, 0.717) is 0 Å². The molecule has 0 aromatic rings. The van der Waals surface area contributed by atoms with E-state index in [4.69, 9.17) is 5.73 Å². The van der Waals surface area contributed by atoms with Crippen LogP contribution in [0.2, 0.25) is 0 Å². The highest BCUT2D eigenvalue weighted by atomic mass is 19.4. The van der Waals surface area contributed by atoms with Crippen LogP contribution in [0, 0.1) is 0 Å². The number of alkyl halides is 3. The lowest BCUT2D eigenvalue weighted by atomic mass is 10.1. The van der Waals surface area contributed by atoms with Crippen molar-refractivity contribution in [3.8, 4) is 0 Å². The van der Waals surface area contributed by atoms with Crippen molar-refractivity contribution in [1.82, 2.24) is 5.32 Å². The summed E-state index contributed by atoms with van der Waals surface area (Å²) in [6.07, 6.45) is -4.50. The monoisotopic (exact) mass is 210 g/mol. The summed E-state index contributed by atoms with van der Waals surface area (Å²) in [6.45, 7) is 2.74. The predicted molar refractivity (Wildman–Crippen MR) is 44.4 cm³/mol. The van der Waals surface area contributed by atoms with Crippen molar-refractivity contribution in [3.63, 3.8) is 0 Å². The van der Waals surface area contributed by atoms with Gasteiger partial charge >= 0.3 is 6.18 Å². The van der Waals surface area contributed by atoms with Crippen molar-refractivity contribution in [3.05, 3.63) is 0 Å². The van der Waals surface area contributed by atoms with Crippen molar-refractivity contribution >= 4 is 5.91 Å². The molecule has 1 aliphatic carbocycles. The molecule has 1 saturated carbocycles. The number of halogens is 3. The van der Waals surface area contributed by atoms with Crippen LogP contribution in [-0.4, -0.2) is 23.2 Å². The molecule has 0 unspecified atom stereocenters. The standard InChI is InChI=1S/C8H13F3N2O/c1-6(2,12)5(14)13-7(3-4-7)8(9,10)11/h3-4,12H2,1-2H3,(H,13,14). The first kappa shape index (κ1) is 11.3. The van der Waals surface area contributed by atoms with Crippen LogP contribution in [0.15, 0.2) is 0 Å². The fraction of sp³-hybridized carbons (Fsp3) is 0.875. The van der Waals surface area contributed by atoms with E-state index in [1.54, 1.807) is 0 Å². The average Bonchev–Trinajstić information content (AvgIpc) is 2.64. The second kappa shape index (κ2) is 2.85. The lowest BCUT2D eigenvalue weighted by Gasteiger charge is -2.25. The molecule has 0 saturated heterocycles. The molecule has 3 nitrogen and oxygen atoms in total. The Kier molecular flexibility index (Phi) is 2.30. The van der Waals surface area contributed by atoms with Gasteiger partial charge < -0.3 is 11.1 Å². The van der Waals surface area contributed by atoms with Crippen molar-refractivity contribution < 1.29 is 18.0 Å². The number of nitrogens with two attached hydrogens (primary N) is 1. The quantitative estimate of drug-likeness (QED) is 0.712. The highest BCUT2D eigenvalue weighted by Crippen LogP contribution is 2.49. The van der Waals surface area contributed by atoms with Gasteiger partial charge in [0, 0.05) is 0 Å². The Morgan fingerprint density at radius 3 is 2.00 bits per heavy atom. The lowest BCUT2D eigenvalue weighted by molar-refractivity contribution is -0.171. The molecule has 0 aromatic carbocycles. The van der Waals surface area contributed by atoms with E-state index in [0.717, 1.165) is 0 Å². The summed E-state index contributed by atoms with van der Waals surface area (Å²) in [7, 11) is 0. The molecule has 1 rings (SSSR count). The molecule has 0 atom stereocenters. The molecule has 3 N–H and O–H groups in total. The molecular formula is C8H13F3N2O. The Bertz CT molecular complexity index is 250. The maximum atomic E-state index is 12.4. The largest absolute Gasteiger partial charge is 0.411 e. The fourth-order valence-electron chi connectivity index (χ4n) is 0.983. The number of rotatable bonds is 2. The van der Waals surface area contributed by atoms with E-state index in [9.17, 15) is 18.0 Å². The zero-order valence-electron chi connectivity index (χ0n) is 8.03. The van der Waals surface area contributed by atoms with E-state index >= 15 is 0 Å². The van der Waals surface area contributed by atoms with Crippen LogP contribution < -0.4 is 11.1 Å². The molecule has 0 spiro atoms. The van der Waals surface area contributed by atoms with Gasteiger partial charge in [-0.05, 0) is 26.7 Å². The lowest BCUT2D eigenvalue weighted by Crippen LogP contribution is -2.57. The van der Waals surface area contributed by atoms with Gasteiger partial charge in [-0.15, -0.1) is 0 Å². The molecule has 82 valence electrons. The Balaban J connectivity index is 2.67. The zero-order chi connectivity index (χ0) is 11.2. The fourth-order valence-corrected chi connectivity index (χ4v) is 0.983. The van der Waals surface area contributed by atoms with E-state index in [2.05, 4.69) is 0 Å². The summed E-state index contributed by atoms with van der Waals surface area (Å²) in [4.78, 5) is 11.2. The van der Waals surface area contributed by atoms with Crippen molar-refractivity contribution in [2.75, 3.05) is 0 Å². The third-order valence-corrected chi connectivity index (χ3v) is 2.23. The van der Waals surface area contributed by atoms with Crippen LogP contribution >= 0.6 is 0 Å². The van der Waals surface area contributed by atoms with Crippen LogP contribution in [0.1, 0.15) is 26.7 Å². The molecule has 0 radical (unpaired) electrons. The first-order chi connectivity index (χ1) is 6.08. The van der Waals surface area contributed by atoms with Gasteiger partial charge in [0.05, 0.1) is 5.54 Å². The van der Waals surface area contributed by atoms with E-state index < -0.39 is 23.2 Å². The average molecular weight is 210 g/mol. The predicted octanol–water partition coefficient (Wildman–Crippen LogP) is 0.935. The third-order valence-electron chi connectivity index (χ3n) is 2.23. The summed E-state index contributed by atoms with van der Waals surface area (Å²) < 4.78 is 37.2. The number of carbonyl (C=O) groups excluding carboxylic acids is 1. The minimum Gasteiger partial charge on any atom is -0.340 e. The van der Waals surface area contributed by atoms with Crippen molar-refractivity contribution in [2.45, 2.75) is 43.9 Å². The summed E-state index contributed by atoms with van der Waals surface area (Å²) in [5.74, 6) is -0.771. The number of hydrogen-bond acceptors (Lipinski definition) is 2. The van der Waals surface area contributed by atoms with Gasteiger partial charge in [0.25, 0.3) is 0 Å². The molecule has 0 bridgehead atoms. The van der Waals surface area contributed by atoms with E-state index in [1.165, 1.54) is 13.8 Å². The van der Waals surface area contributed by atoms with Crippen LogP contribution in [-0.2, 0) is 4.79 Å². The van der Waals surface area contributed by atoms with Gasteiger partial charge in [-0.25, -0.2) is 0 Å². The summed E-state index contributed by atoms with van der Waals surface area (Å²) in [5.41, 5.74) is 2.09. The molecular weight excluding hydrogens is 197 g/mol. The maximum Gasteiger partial charge on any atom is 0.411 e. The van der Waals surface area contributed by atoms with Crippen LogP contribution in [0.4, 0.5) is 13.2 Å². The van der Waals surface area contributed by atoms with Gasteiger partial charge in [-0.1, -0.05) is 0 Å². The molecule has 1 fully saturated rings. The molecule has 14 heavy (non-hydrogen) atoms. The highest BCUT2D eigenvalue weighted by molar-refractivity contribution is 5.86. The second-order valence-corrected chi connectivity index (χ2v) is 4.26. The molecule has 0 heterocycles. The van der Waals surface area contributed by atoms with Crippen molar-refractivity contribution in [1.29, 1.82) is 0 Å². The van der Waals surface area contributed by atoms with Crippen LogP contribution in [0.25, 0.3) is 0 Å². The molecule has 1 aliphatic rings. The Morgan fingerprint density at radius 2 is 1.79 bits per heavy atom. The number of amides is 1. The van der Waals surface area contributed by atoms with E-state index in [1.807, 2.05) is 5.32 Å². The number of nitrogens with one attached hydrogen (secondary N) is 1. The minimum absolute atomic E-state index is 0.0572. The first-order valence-corrected chi connectivity index (χ1v) is 4.27. The molecule has 1 amide bonds. The highest BCUT2D eigenvalue weighted by Gasteiger charge is 2.64. The van der Waals surface area contributed by atoms with Crippen molar-refractivity contribution in [2.24, 2.45) is 5.73 Å². The second-order valence-electron chi connectivity index (χ2n) is 4.26. The maximum absolute atomic E-state index is 12.4. The molecule has 0 aromatic heterocycles. The van der Waals surface area contributed by atoms with Gasteiger partial charge in [0.2, 0.25) is 5.91 Å². The topological polar surface area (TPSA) is 55.1 Å². The van der Waals surface area contributed by atoms with Gasteiger partial charge in [-0.3, -0.25) is 4.79 Å². The Labute approximate surface area is 79.8 Å². The summed E-state index contributed by atoms with van der Waals surface area (Å²) in [6, 6.07) is 0. The Hall–Kier alpha value is -0.780. The minimum atomic E-state index is -4.38. The van der Waals surface area contributed by atoms with Crippen LogP contribution in [0.5, 0.6) is 0 Å². The van der Waals surface area contributed by atoms with Gasteiger partial charge in [0.1, 0.15) is 5.54 Å². The molecule has 6 heteroatoms. The third kappa shape index (κ3) is 2.00.